The minimum Gasteiger partial charge on any atom is -0.375 e. The highest BCUT2D eigenvalue weighted by Gasteiger charge is 2.42. The van der Waals surface area contributed by atoms with Crippen LogP contribution < -0.4 is 15.5 Å². The van der Waals surface area contributed by atoms with Crippen LogP contribution in [-0.4, -0.2) is 39.3 Å². The molecule has 8 nitrogen and oxygen atoms in total. The Morgan fingerprint density at radius 2 is 1.83 bits per heavy atom. The van der Waals surface area contributed by atoms with Crippen molar-refractivity contribution in [2.75, 3.05) is 23.9 Å². The van der Waals surface area contributed by atoms with Crippen molar-refractivity contribution in [1.82, 2.24) is 19.9 Å². The van der Waals surface area contributed by atoms with Gasteiger partial charge >= 0.3 is 0 Å². The fourth-order valence-corrected chi connectivity index (χ4v) is 4.69. The molecule has 4 heterocycles. The van der Waals surface area contributed by atoms with Crippen LogP contribution in [0.2, 0.25) is 0 Å². The van der Waals surface area contributed by atoms with Crippen LogP contribution in [0.1, 0.15) is 23.5 Å². The summed E-state index contributed by atoms with van der Waals surface area (Å²) >= 11 is 5.83. The second-order valence-corrected chi connectivity index (χ2v) is 8.42. The number of nitrogens with one attached hydrogen (secondary N) is 2. The van der Waals surface area contributed by atoms with Gasteiger partial charge in [0.1, 0.15) is 12.6 Å². The number of pyridine rings is 2. The normalized spacial score (nSPS) is 17.3. The van der Waals surface area contributed by atoms with Crippen LogP contribution >= 0.6 is 12.2 Å². The first kappa shape index (κ1) is 22.7. The third-order valence-electron chi connectivity index (χ3n) is 5.83. The third-order valence-corrected chi connectivity index (χ3v) is 6.14. The Labute approximate surface area is 208 Å². The van der Waals surface area contributed by atoms with Crippen molar-refractivity contribution in [1.29, 1.82) is 0 Å². The Morgan fingerprint density at radius 1 is 1.03 bits per heavy atom. The molecule has 1 amide bonds. The number of rotatable bonds is 7. The first-order valence-corrected chi connectivity index (χ1v) is 11.5. The number of hydrogen-bond acceptors (Lipinski definition) is 5. The van der Waals surface area contributed by atoms with E-state index >= 15 is 0 Å². The van der Waals surface area contributed by atoms with E-state index in [-0.39, 0.29) is 24.6 Å². The smallest absolute Gasteiger partial charge is 0.250 e. The molecule has 1 saturated heterocycles. The molecular formula is C26H24N6O2S. The lowest BCUT2D eigenvalue weighted by Crippen LogP contribution is -2.30. The molecule has 9 heteroatoms. The second-order valence-electron chi connectivity index (χ2n) is 8.03. The molecule has 0 saturated carbocycles. The van der Waals surface area contributed by atoms with E-state index in [4.69, 9.17) is 17.0 Å². The van der Waals surface area contributed by atoms with Crippen molar-refractivity contribution in [2.45, 2.75) is 12.1 Å². The predicted molar refractivity (Wildman–Crippen MR) is 138 cm³/mol. The van der Waals surface area contributed by atoms with Crippen LogP contribution in [0, 0.1) is 0 Å². The van der Waals surface area contributed by atoms with Crippen molar-refractivity contribution < 1.29 is 9.53 Å². The van der Waals surface area contributed by atoms with Crippen molar-refractivity contribution in [2.24, 2.45) is 0 Å². The summed E-state index contributed by atoms with van der Waals surface area (Å²) in [5.41, 5.74) is 4.55. The van der Waals surface area contributed by atoms with Gasteiger partial charge in [0.05, 0.1) is 11.7 Å². The van der Waals surface area contributed by atoms with Gasteiger partial charge in [0.2, 0.25) is 5.91 Å². The molecule has 2 atom stereocenters. The van der Waals surface area contributed by atoms with Gasteiger partial charge in [-0.3, -0.25) is 14.8 Å². The molecule has 35 heavy (non-hydrogen) atoms. The van der Waals surface area contributed by atoms with Gasteiger partial charge in [-0.25, -0.2) is 0 Å². The molecule has 4 aromatic rings. The maximum Gasteiger partial charge on any atom is 0.250 e. The van der Waals surface area contributed by atoms with Crippen LogP contribution in [0.3, 0.4) is 0 Å². The van der Waals surface area contributed by atoms with Gasteiger partial charge in [-0.15, -0.1) is 0 Å². The van der Waals surface area contributed by atoms with Crippen LogP contribution in [-0.2, 0) is 9.53 Å². The lowest BCUT2D eigenvalue weighted by atomic mass is 10.0. The number of benzene rings is 1. The maximum atomic E-state index is 11.9. The standard InChI is InChI=1S/C26H24N6O2S/c1-34-17-23(33)29-18-7-9-20(10-8-18)32-25(24(30-26(32)35)21-5-2-3-13-28-21)22-6-4-16-31(22)19-11-14-27-15-12-19/h2-16,24-25H,17H2,1H3,(H,29,33)(H,30,35)/t24-,25+/m1/s1. The molecule has 1 aliphatic rings. The SMILES string of the molecule is COCC(=O)Nc1ccc(N2C(=S)N[C@H](c3ccccn3)[C@@H]2c2cccn2-c2ccncc2)cc1. The van der Waals surface area contributed by atoms with Gasteiger partial charge < -0.3 is 24.8 Å². The Kier molecular flexibility index (Phi) is 6.51. The van der Waals surface area contributed by atoms with E-state index < -0.39 is 0 Å². The molecule has 0 bridgehead atoms. The number of nitrogens with zero attached hydrogens (tertiary/aromatic N) is 4. The summed E-state index contributed by atoms with van der Waals surface area (Å²) in [6.07, 6.45) is 7.38. The van der Waals surface area contributed by atoms with Gasteiger partial charge in [-0.2, -0.15) is 0 Å². The van der Waals surface area contributed by atoms with Crippen molar-refractivity contribution in [3.63, 3.8) is 0 Å². The Balaban J connectivity index is 1.55. The lowest BCUT2D eigenvalue weighted by molar-refractivity contribution is -0.119. The number of amides is 1. The molecule has 0 radical (unpaired) electrons. The number of thiocarbonyl (C=S) groups is 1. The molecule has 0 spiro atoms. The number of aromatic nitrogens is 3. The zero-order valence-electron chi connectivity index (χ0n) is 19.0. The molecule has 176 valence electrons. The van der Waals surface area contributed by atoms with E-state index in [1.807, 2.05) is 66.9 Å². The Morgan fingerprint density at radius 3 is 2.54 bits per heavy atom. The summed E-state index contributed by atoms with van der Waals surface area (Å²) in [6.45, 7) is 0.00169. The molecular weight excluding hydrogens is 460 g/mol. The maximum absolute atomic E-state index is 11.9. The molecule has 0 unspecified atom stereocenters. The van der Waals surface area contributed by atoms with Gasteiger partial charge in [0.25, 0.3) is 0 Å². The van der Waals surface area contributed by atoms with E-state index in [0.717, 1.165) is 22.8 Å². The second kappa shape index (κ2) is 10.0. The number of ether oxygens (including phenoxy) is 1. The highest BCUT2D eigenvalue weighted by atomic mass is 32.1. The largest absolute Gasteiger partial charge is 0.375 e. The highest BCUT2D eigenvalue weighted by molar-refractivity contribution is 7.80. The molecule has 1 fully saturated rings. The van der Waals surface area contributed by atoms with E-state index in [1.54, 1.807) is 18.6 Å². The van der Waals surface area contributed by atoms with Crippen LogP contribution in [0.15, 0.2) is 91.5 Å². The fraction of sp³-hybridized carbons (Fsp3) is 0.154. The van der Waals surface area contributed by atoms with Gasteiger partial charge in [-0.05, 0) is 72.9 Å². The molecule has 1 aliphatic heterocycles. The van der Waals surface area contributed by atoms with E-state index in [9.17, 15) is 4.79 Å². The molecule has 5 rings (SSSR count). The fourth-order valence-electron chi connectivity index (χ4n) is 4.34. The average molecular weight is 485 g/mol. The molecule has 2 N–H and O–H groups in total. The summed E-state index contributed by atoms with van der Waals surface area (Å²) in [7, 11) is 1.49. The topological polar surface area (TPSA) is 84.3 Å². The number of methoxy groups -OCH3 is 1. The first-order valence-electron chi connectivity index (χ1n) is 11.1. The summed E-state index contributed by atoms with van der Waals surface area (Å²) in [5, 5.41) is 6.91. The Hall–Kier alpha value is -4.08. The molecule has 0 aliphatic carbocycles. The van der Waals surface area contributed by atoms with E-state index in [2.05, 4.69) is 36.1 Å². The van der Waals surface area contributed by atoms with E-state index in [0.29, 0.717) is 10.8 Å². The minimum atomic E-state index is -0.207. The van der Waals surface area contributed by atoms with Crippen LogP contribution in [0.25, 0.3) is 5.69 Å². The quantitative estimate of drug-likeness (QED) is 0.383. The summed E-state index contributed by atoms with van der Waals surface area (Å²) in [4.78, 5) is 22.8. The average Bonchev–Trinajstić information content (AvgIpc) is 3.50. The van der Waals surface area contributed by atoms with Crippen molar-refractivity contribution >= 4 is 34.6 Å². The van der Waals surface area contributed by atoms with Gasteiger partial charge in [-0.1, -0.05) is 6.07 Å². The predicted octanol–water partition coefficient (Wildman–Crippen LogP) is 4.03. The number of carbonyl (C=O) groups is 1. The summed E-state index contributed by atoms with van der Waals surface area (Å²) < 4.78 is 7.04. The van der Waals surface area contributed by atoms with Crippen molar-refractivity contribution in [3.05, 3.63) is 103 Å². The highest BCUT2D eigenvalue weighted by Crippen LogP contribution is 2.42. The number of hydrogen-bond donors (Lipinski definition) is 2. The van der Waals surface area contributed by atoms with Crippen LogP contribution in [0.5, 0.6) is 0 Å². The number of carbonyl (C=O) groups excluding carboxylic acids is 1. The zero-order valence-corrected chi connectivity index (χ0v) is 19.9. The summed E-state index contributed by atoms with van der Waals surface area (Å²) in [6, 6.07) is 21.2. The Bertz CT molecular complexity index is 1310. The zero-order chi connectivity index (χ0) is 24.2. The van der Waals surface area contributed by atoms with Crippen molar-refractivity contribution in [3.8, 4) is 5.69 Å². The molecule has 1 aromatic carbocycles. The van der Waals surface area contributed by atoms with E-state index in [1.165, 1.54) is 7.11 Å². The summed E-state index contributed by atoms with van der Waals surface area (Å²) in [5.74, 6) is -0.207. The first-order chi connectivity index (χ1) is 17.2. The third kappa shape index (κ3) is 4.64. The lowest BCUT2D eigenvalue weighted by Gasteiger charge is -2.29. The minimum absolute atomic E-state index is 0.00169. The monoisotopic (exact) mass is 484 g/mol. The van der Waals surface area contributed by atoms with Gasteiger partial charge in [0.15, 0.2) is 5.11 Å². The number of anilines is 2. The molecule has 3 aromatic heterocycles. The van der Waals surface area contributed by atoms with Gasteiger partial charge in [0, 0.05) is 54.7 Å². The van der Waals surface area contributed by atoms with Crippen LogP contribution in [0.4, 0.5) is 11.4 Å².